The molecule has 24 heavy (non-hydrogen) atoms. The normalized spacial score (nSPS) is 18.0. The largest absolute Gasteiger partial charge is 0.218 e. The van der Waals surface area contributed by atoms with E-state index >= 15 is 0 Å². The molecular formula is C20H23ClO2S. The van der Waals surface area contributed by atoms with Crippen LogP contribution in [0.3, 0.4) is 0 Å². The Morgan fingerprint density at radius 3 is 2.21 bits per heavy atom. The number of rotatable bonds is 0. The molecule has 0 unspecified atom stereocenters. The van der Waals surface area contributed by atoms with Crippen molar-refractivity contribution in [2.45, 2.75) is 62.2 Å². The Kier molecular flexibility index (Phi) is 3.71. The summed E-state index contributed by atoms with van der Waals surface area (Å²) in [5.41, 5.74) is 2.83. The number of halogens is 1. The zero-order valence-corrected chi connectivity index (χ0v) is 16.6. The first-order valence-corrected chi connectivity index (χ1v) is 9.93. The molecule has 2 aromatic carbocycles. The fraction of sp³-hybridized carbons (Fsp3) is 0.400. The van der Waals surface area contributed by atoms with Crippen molar-refractivity contribution in [2.24, 2.45) is 0 Å². The molecule has 1 aliphatic heterocycles. The first-order chi connectivity index (χ1) is 10.9. The van der Waals surface area contributed by atoms with Gasteiger partial charge in [-0.05, 0) is 52.8 Å². The van der Waals surface area contributed by atoms with Gasteiger partial charge in [0, 0.05) is 10.4 Å². The second kappa shape index (κ2) is 5.09. The molecule has 0 saturated heterocycles. The molecule has 0 bridgehead atoms. The standard InChI is InChI=1S/C20H23ClO2S/c1-12-9-14(21)11-16-18(12)24(22,23)17-10-13(19(2,3)4)7-8-15(17)20(16,5)6/h7-11H,1-6H3. The number of sulfone groups is 1. The molecule has 128 valence electrons. The number of hydrogen-bond donors (Lipinski definition) is 0. The highest BCUT2D eigenvalue weighted by Gasteiger charge is 2.42. The molecule has 0 spiro atoms. The molecule has 4 heteroatoms. The first kappa shape index (κ1) is 17.5. The van der Waals surface area contributed by atoms with E-state index in [2.05, 4.69) is 34.6 Å². The molecule has 0 N–H and O–H groups in total. The van der Waals surface area contributed by atoms with Gasteiger partial charge in [0.15, 0.2) is 0 Å². The summed E-state index contributed by atoms with van der Waals surface area (Å²) in [5, 5.41) is 0.573. The maximum absolute atomic E-state index is 13.4. The van der Waals surface area contributed by atoms with E-state index in [9.17, 15) is 8.42 Å². The first-order valence-electron chi connectivity index (χ1n) is 8.07. The van der Waals surface area contributed by atoms with E-state index in [1.54, 1.807) is 12.1 Å². The zero-order valence-electron chi connectivity index (χ0n) is 15.0. The minimum Gasteiger partial charge on any atom is -0.218 e. The summed E-state index contributed by atoms with van der Waals surface area (Å²) < 4.78 is 26.7. The van der Waals surface area contributed by atoms with Gasteiger partial charge in [-0.15, -0.1) is 0 Å². The highest BCUT2D eigenvalue weighted by molar-refractivity contribution is 7.91. The number of aryl methyl sites for hydroxylation is 1. The summed E-state index contributed by atoms with van der Waals surface area (Å²) in [4.78, 5) is 0.841. The van der Waals surface area contributed by atoms with Crippen LogP contribution in [-0.2, 0) is 20.7 Å². The summed E-state index contributed by atoms with van der Waals surface area (Å²) in [7, 11) is -3.56. The third-order valence-electron chi connectivity index (χ3n) is 4.99. The molecule has 2 aromatic rings. The number of benzene rings is 2. The van der Waals surface area contributed by atoms with Crippen LogP contribution >= 0.6 is 11.6 Å². The molecule has 0 fully saturated rings. The predicted octanol–water partition coefficient (Wildman–Crippen LogP) is 5.42. The molecule has 3 rings (SSSR count). The minimum absolute atomic E-state index is 0.107. The average molecular weight is 363 g/mol. The summed E-state index contributed by atoms with van der Waals surface area (Å²) in [5.74, 6) is 0. The third kappa shape index (κ3) is 2.41. The van der Waals surface area contributed by atoms with Crippen LogP contribution in [0, 0.1) is 6.92 Å². The summed E-state index contributed by atoms with van der Waals surface area (Å²) in [6, 6.07) is 9.38. The Bertz CT molecular complexity index is 948. The van der Waals surface area contributed by atoms with E-state index in [1.807, 2.05) is 25.1 Å². The van der Waals surface area contributed by atoms with Crippen LogP contribution in [0.2, 0.25) is 5.02 Å². The maximum atomic E-state index is 13.4. The number of fused-ring (bicyclic) bond motifs is 2. The van der Waals surface area contributed by atoms with Crippen molar-refractivity contribution < 1.29 is 8.42 Å². The molecule has 1 aliphatic rings. The molecule has 0 aromatic heterocycles. The van der Waals surface area contributed by atoms with E-state index in [0.29, 0.717) is 20.4 Å². The fourth-order valence-corrected chi connectivity index (χ4v) is 6.01. The van der Waals surface area contributed by atoms with Gasteiger partial charge < -0.3 is 0 Å². The van der Waals surface area contributed by atoms with Crippen molar-refractivity contribution in [3.05, 3.63) is 57.6 Å². The third-order valence-corrected chi connectivity index (χ3v) is 7.21. The van der Waals surface area contributed by atoms with Gasteiger partial charge in [0.2, 0.25) is 9.84 Å². The molecule has 2 nitrogen and oxygen atoms in total. The van der Waals surface area contributed by atoms with E-state index < -0.39 is 15.3 Å². The Hall–Kier alpha value is -1.32. The van der Waals surface area contributed by atoms with Crippen LogP contribution in [-0.4, -0.2) is 8.42 Å². The molecule has 0 amide bonds. The van der Waals surface area contributed by atoms with Crippen LogP contribution in [0.25, 0.3) is 0 Å². The summed E-state index contributed by atoms with van der Waals surface area (Å²) in [6.07, 6.45) is 0. The second-order valence-electron chi connectivity index (χ2n) is 8.19. The topological polar surface area (TPSA) is 34.1 Å². The Balaban J connectivity index is 2.43. The predicted molar refractivity (Wildman–Crippen MR) is 98.9 cm³/mol. The van der Waals surface area contributed by atoms with Gasteiger partial charge in [-0.1, -0.05) is 58.4 Å². The van der Waals surface area contributed by atoms with E-state index in [-0.39, 0.29) is 5.41 Å². The van der Waals surface area contributed by atoms with E-state index in [1.165, 1.54) is 0 Å². The van der Waals surface area contributed by atoms with Crippen LogP contribution in [0.5, 0.6) is 0 Å². The van der Waals surface area contributed by atoms with E-state index in [0.717, 1.165) is 16.7 Å². The van der Waals surface area contributed by atoms with Gasteiger partial charge in [0.05, 0.1) is 9.79 Å². The fourth-order valence-electron chi connectivity index (χ4n) is 3.53. The van der Waals surface area contributed by atoms with Gasteiger partial charge in [-0.3, -0.25) is 0 Å². The minimum atomic E-state index is -3.56. The molecule has 0 saturated carbocycles. The summed E-state index contributed by atoms with van der Waals surface area (Å²) >= 11 is 6.22. The molecule has 0 atom stereocenters. The van der Waals surface area contributed by atoms with Gasteiger partial charge in [0.25, 0.3) is 0 Å². The van der Waals surface area contributed by atoms with Crippen LogP contribution in [0.4, 0.5) is 0 Å². The van der Waals surface area contributed by atoms with Crippen molar-refractivity contribution in [2.75, 3.05) is 0 Å². The Morgan fingerprint density at radius 1 is 1.00 bits per heavy atom. The molecule has 0 aliphatic carbocycles. The van der Waals surface area contributed by atoms with Gasteiger partial charge in [-0.25, -0.2) is 8.42 Å². The SMILES string of the molecule is Cc1cc(Cl)cc2c1S(=O)(=O)c1cc(C(C)(C)C)ccc1C2(C)C. The van der Waals surface area contributed by atoms with Crippen LogP contribution in [0.1, 0.15) is 56.9 Å². The quantitative estimate of drug-likeness (QED) is 0.627. The lowest BCUT2D eigenvalue weighted by molar-refractivity contribution is 0.547. The molecule has 0 radical (unpaired) electrons. The molecular weight excluding hydrogens is 340 g/mol. The van der Waals surface area contributed by atoms with Crippen molar-refractivity contribution in [1.82, 2.24) is 0 Å². The van der Waals surface area contributed by atoms with Crippen molar-refractivity contribution in [3.63, 3.8) is 0 Å². The lowest BCUT2D eigenvalue weighted by atomic mass is 9.76. The van der Waals surface area contributed by atoms with E-state index in [4.69, 9.17) is 11.6 Å². The van der Waals surface area contributed by atoms with Gasteiger partial charge >= 0.3 is 0 Å². The monoisotopic (exact) mass is 362 g/mol. The van der Waals surface area contributed by atoms with Gasteiger partial charge in [0.1, 0.15) is 0 Å². The zero-order chi connectivity index (χ0) is 18.1. The Morgan fingerprint density at radius 2 is 1.62 bits per heavy atom. The van der Waals surface area contributed by atoms with Crippen molar-refractivity contribution >= 4 is 21.4 Å². The lowest BCUT2D eigenvalue weighted by Gasteiger charge is -2.36. The van der Waals surface area contributed by atoms with Gasteiger partial charge in [-0.2, -0.15) is 0 Å². The van der Waals surface area contributed by atoms with Crippen molar-refractivity contribution in [1.29, 1.82) is 0 Å². The van der Waals surface area contributed by atoms with Crippen molar-refractivity contribution in [3.8, 4) is 0 Å². The maximum Gasteiger partial charge on any atom is 0.207 e. The second-order valence-corrected chi connectivity index (χ2v) is 10.5. The molecule has 1 heterocycles. The van der Waals surface area contributed by atoms with Crippen LogP contribution < -0.4 is 0 Å². The highest BCUT2D eigenvalue weighted by atomic mass is 35.5. The number of hydrogen-bond acceptors (Lipinski definition) is 2. The average Bonchev–Trinajstić information content (AvgIpc) is 2.43. The Labute approximate surface area is 149 Å². The lowest BCUT2D eigenvalue weighted by Crippen LogP contribution is -2.31. The smallest absolute Gasteiger partial charge is 0.207 e. The van der Waals surface area contributed by atoms with Crippen LogP contribution in [0.15, 0.2) is 40.1 Å². The summed E-state index contributed by atoms with van der Waals surface area (Å²) in [6.45, 7) is 12.2. The highest BCUT2D eigenvalue weighted by Crippen LogP contribution is 2.48.